The van der Waals surface area contributed by atoms with Gasteiger partial charge in [0, 0.05) is 18.7 Å². The molecule has 0 aliphatic heterocycles. The average molecular weight is 373 g/mol. The quantitative estimate of drug-likeness (QED) is 0.542. The minimum Gasteiger partial charge on any atom is -0.493 e. The van der Waals surface area contributed by atoms with Crippen molar-refractivity contribution in [2.75, 3.05) is 26.1 Å². The molecule has 0 saturated heterocycles. The van der Waals surface area contributed by atoms with Crippen molar-refractivity contribution in [3.05, 3.63) is 57.6 Å². The summed E-state index contributed by atoms with van der Waals surface area (Å²) in [7, 11) is 3.14. The molecule has 0 bridgehead atoms. The maximum absolute atomic E-state index is 12.5. The zero-order valence-corrected chi connectivity index (χ0v) is 15.7. The van der Waals surface area contributed by atoms with Crippen LogP contribution in [0, 0.1) is 10.1 Å². The zero-order valence-electron chi connectivity index (χ0n) is 15.7. The van der Waals surface area contributed by atoms with Crippen LogP contribution in [0.25, 0.3) is 0 Å². The molecule has 1 atom stereocenters. The minimum absolute atomic E-state index is 0.152. The van der Waals surface area contributed by atoms with Crippen LogP contribution in [0.4, 0.5) is 11.4 Å². The first-order chi connectivity index (χ1) is 12.9. The molecule has 0 aromatic heterocycles. The number of carbonyl (C=O) groups is 1. The van der Waals surface area contributed by atoms with Crippen LogP contribution in [0.15, 0.2) is 36.4 Å². The summed E-state index contributed by atoms with van der Waals surface area (Å²) in [5.74, 6) is 0.797. The number of rotatable bonds is 8. The van der Waals surface area contributed by atoms with Crippen LogP contribution in [-0.2, 0) is 0 Å². The lowest BCUT2D eigenvalue weighted by Crippen LogP contribution is -2.26. The van der Waals surface area contributed by atoms with E-state index in [4.69, 9.17) is 9.47 Å². The Labute approximate surface area is 157 Å². The van der Waals surface area contributed by atoms with Crippen molar-refractivity contribution in [1.29, 1.82) is 0 Å². The number of hydrogen-bond donors (Lipinski definition) is 2. The van der Waals surface area contributed by atoms with Gasteiger partial charge < -0.3 is 20.1 Å². The maximum Gasteiger partial charge on any atom is 0.293 e. The van der Waals surface area contributed by atoms with E-state index in [0.717, 1.165) is 5.56 Å². The lowest BCUT2D eigenvalue weighted by molar-refractivity contribution is -0.384. The molecular weight excluding hydrogens is 350 g/mol. The molecule has 0 aliphatic rings. The highest BCUT2D eigenvalue weighted by atomic mass is 16.6. The Morgan fingerprint density at radius 3 is 2.56 bits per heavy atom. The van der Waals surface area contributed by atoms with Gasteiger partial charge >= 0.3 is 0 Å². The van der Waals surface area contributed by atoms with Crippen molar-refractivity contribution in [3.63, 3.8) is 0 Å². The topological polar surface area (TPSA) is 103 Å². The van der Waals surface area contributed by atoms with E-state index < -0.39 is 10.8 Å². The fourth-order valence-corrected chi connectivity index (χ4v) is 2.63. The number of carbonyl (C=O) groups excluding carboxylic acids is 1. The minimum atomic E-state index is -0.524. The normalized spacial score (nSPS) is 11.4. The van der Waals surface area contributed by atoms with Crippen LogP contribution in [0.2, 0.25) is 0 Å². The van der Waals surface area contributed by atoms with E-state index in [-0.39, 0.29) is 17.3 Å². The second-order valence-electron chi connectivity index (χ2n) is 5.78. The molecule has 2 rings (SSSR count). The molecule has 8 heteroatoms. The SMILES string of the molecule is CCOc1ccc(C(C)NC(=O)c2ccc(NC)c([N+](=O)[O-])c2)cc1OC. The molecule has 0 aliphatic carbocycles. The predicted octanol–water partition coefficient (Wildman–Crippen LogP) is 3.53. The number of amides is 1. The summed E-state index contributed by atoms with van der Waals surface area (Å²) in [6, 6.07) is 9.40. The number of nitro benzene ring substituents is 1. The number of nitrogens with zero attached hydrogens (tertiary/aromatic N) is 1. The van der Waals surface area contributed by atoms with Gasteiger partial charge in [0.25, 0.3) is 11.6 Å². The molecule has 0 heterocycles. The van der Waals surface area contributed by atoms with E-state index >= 15 is 0 Å². The van der Waals surface area contributed by atoms with E-state index in [1.807, 2.05) is 19.9 Å². The molecule has 144 valence electrons. The van der Waals surface area contributed by atoms with Gasteiger partial charge in [-0.2, -0.15) is 0 Å². The molecule has 2 N–H and O–H groups in total. The van der Waals surface area contributed by atoms with Gasteiger partial charge in [0.2, 0.25) is 0 Å². The summed E-state index contributed by atoms with van der Waals surface area (Å²) in [6.45, 7) is 4.22. The van der Waals surface area contributed by atoms with Gasteiger partial charge in [-0.05, 0) is 43.7 Å². The predicted molar refractivity (Wildman–Crippen MR) is 103 cm³/mol. The molecule has 0 fully saturated rings. The fraction of sp³-hybridized carbons (Fsp3) is 0.316. The summed E-state index contributed by atoms with van der Waals surface area (Å²) in [6.07, 6.45) is 0. The standard InChI is InChI=1S/C19H23N3O5/c1-5-27-17-9-7-13(11-18(17)26-4)12(2)21-19(23)14-6-8-15(20-3)16(10-14)22(24)25/h6-12,20H,5H2,1-4H3,(H,21,23). The third kappa shape index (κ3) is 4.66. The number of nitro groups is 1. The summed E-state index contributed by atoms with van der Waals surface area (Å²) >= 11 is 0. The Morgan fingerprint density at radius 2 is 1.96 bits per heavy atom. The van der Waals surface area contributed by atoms with Crippen molar-refractivity contribution in [2.45, 2.75) is 19.9 Å². The van der Waals surface area contributed by atoms with Crippen LogP contribution in [0.3, 0.4) is 0 Å². The van der Waals surface area contributed by atoms with Crippen LogP contribution in [0.1, 0.15) is 35.8 Å². The Morgan fingerprint density at radius 1 is 1.22 bits per heavy atom. The first-order valence-corrected chi connectivity index (χ1v) is 8.49. The first kappa shape index (κ1) is 20.0. The monoisotopic (exact) mass is 373 g/mol. The second kappa shape index (κ2) is 8.88. The van der Waals surface area contributed by atoms with Crippen molar-refractivity contribution in [1.82, 2.24) is 5.32 Å². The molecule has 2 aromatic rings. The lowest BCUT2D eigenvalue weighted by atomic mass is 10.1. The van der Waals surface area contributed by atoms with E-state index in [2.05, 4.69) is 10.6 Å². The van der Waals surface area contributed by atoms with Crippen molar-refractivity contribution >= 4 is 17.3 Å². The molecule has 27 heavy (non-hydrogen) atoms. The molecule has 1 amide bonds. The van der Waals surface area contributed by atoms with Crippen LogP contribution < -0.4 is 20.1 Å². The van der Waals surface area contributed by atoms with Gasteiger partial charge in [-0.15, -0.1) is 0 Å². The van der Waals surface area contributed by atoms with E-state index in [1.165, 1.54) is 12.1 Å². The zero-order chi connectivity index (χ0) is 20.0. The fourth-order valence-electron chi connectivity index (χ4n) is 2.63. The largest absolute Gasteiger partial charge is 0.493 e. The number of ether oxygens (including phenoxy) is 2. The third-order valence-electron chi connectivity index (χ3n) is 4.06. The Balaban J connectivity index is 2.20. The highest BCUT2D eigenvalue weighted by Gasteiger charge is 2.19. The van der Waals surface area contributed by atoms with Crippen LogP contribution in [0.5, 0.6) is 11.5 Å². The van der Waals surface area contributed by atoms with Crippen molar-refractivity contribution in [3.8, 4) is 11.5 Å². The van der Waals surface area contributed by atoms with E-state index in [1.54, 1.807) is 32.4 Å². The van der Waals surface area contributed by atoms with Gasteiger partial charge in [0.05, 0.1) is 24.7 Å². The van der Waals surface area contributed by atoms with Gasteiger partial charge in [-0.3, -0.25) is 14.9 Å². The van der Waals surface area contributed by atoms with Gasteiger partial charge in [-0.1, -0.05) is 6.07 Å². The lowest BCUT2D eigenvalue weighted by Gasteiger charge is -2.17. The second-order valence-corrected chi connectivity index (χ2v) is 5.78. The Bertz CT molecular complexity index is 838. The van der Waals surface area contributed by atoms with Crippen molar-refractivity contribution < 1.29 is 19.2 Å². The number of hydrogen-bond acceptors (Lipinski definition) is 6. The molecule has 0 spiro atoms. The van der Waals surface area contributed by atoms with Crippen molar-refractivity contribution in [2.24, 2.45) is 0 Å². The van der Waals surface area contributed by atoms with E-state index in [0.29, 0.717) is 23.8 Å². The summed E-state index contributed by atoms with van der Waals surface area (Å²) in [5, 5.41) is 16.7. The number of methoxy groups -OCH3 is 1. The highest BCUT2D eigenvalue weighted by molar-refractivity contribution is 5.96. The third-order valence-corrected chi connectivity index (χ3v) is 4.06. The first-order valence-electron chi connectivity index (χ1n) is 8.49. The Kier molecular flexibility index (Phi) is 6.59. The summed E-state index contributed by atoms with van der Waals surface area (Å²) in [4.78, 5) is 23.2. The molecule has 0 saturated carbocycles. The summed E-state index contributed by atoms with van der Waals surface area (Å²) < 4.78 is 10.8. The van der Waals surface area contributed by atoms with Gasteiger partial charge in [-0.25, -0.2) is 0 Å². The van der Waals surface area contributed by atoms with Crippen LogP contribution >= 0.6 is 0 Å². The number of nitrogens with one attached hydrogen (secondary N) is 2. The average Bonchev–Trinajstić information content (AvgIpc) is 2.67. The summed E-state index contributed by atoms with van der Waals surface area (Å²) in [5.41, 5.74) is 1.23. The molecule has 2 aromatic carbocycles. The molecule has 8 nitrogen and oxygen atoms in total. The van der Waals surface area contributed by atoms with Gasteiger partial charge in [0.15, 0.2) is 11.5 Å². The number of benzene rings is 2. The molecule has 0 radical (unpaired) electrons. The number of anilines is 1. The Hall–Kier alpha value is -3.29. The maximum atomic E-state index is 12.5. The smallest absolute Gasteiger partial charge is 0.293 e. The molecule has 1 unspecified atom stereocenters. The highest BCUT2D eigenvalue weighted by Crippen LogP contribution is 2.30. The van der Waals surface area contributed by atoms with E-state index in [9.17, 15) is 14.9 Å². The molecular formula is C19H23N3O5. The van der Waals surface area contributed by atoms with Gasteiger partial charge in [0.1, 0.15) is 5.69 Å². The van der Waals surface area contributed by atoms with Crippen LogP contribution in [-0.4, -0.2) is 31.6 Å².